The summed E-state index contributed by atoms with van der Waals surface area (Å²) in [5.74, 6) is 1.45. The minimum absolute atomic E-state index is 0.00397. The molecule has 2 heterocycles. The van der Waals surface area contributed by atoms with E-state index in [0.29, 0.717) is 12.8 Å². The minimum atomic E-state index is -1.93. The van der Waals surface area contributed by atoms with Crippen molar-refractivity contribution >= 4 is 31.4 Å². The van der Waals surface area contributed by atoms with Gasteiger partial charge in [0.25, 0.3) is 0 Å². The van der Waals surface area contributed by atoms with E-state index in [1.165, 1.54) is 7.17 Å². The maximum absolute atomic E-state index is 9.19. The fourth-order valence-electron chi connectivity index (χ4n) is 6.31. The topological polar surface area (TPSA) is 107 Å². The number of benzene rings is 3. The molecule has 0 aromatic heterocycles. The van der Waals surface area contributed by atoms with Gasteiger partial charge in [-0.2, -0.15) is 5.26 Å². The van der Waals surface area contributed by atoms with Crippen molar-refractivity contribution in [2.75, 3.05) is 34.0 Å². The van der Waals surface area contributed by atoms with Gasteiger partial charge >= 0.3 is 8.60 Å². The molecule has 3 unspecified atom stereocenters. The molecule has 2 fully saturated rings. The summed E-state index contributed by atoms with van der Waals surface area (Å²) in [4.78, 5) is 0. The molecule has 0 saturated carbocycles. The predicted molar refractivity (Wildman–Crippen MR) is 196 cm³/mol. The lowest BCUT2D eigenvalue weighted by Crippen LogP contribution is -2.38. The van der Waals surface area contributed by atoms with Gasteiger partial charge in [0.2, 0.25) is 0 Å². The van der Waals surface area contributed by atoms with Gasteiger partial charge < -0.3 is 42.0 Å². The molecule has 5 rings (SSSR count). The third-order valence-corrected chi connectivity index (χ3v) is 9.93. The van der Waals surface area contributed by atoms with Crippen molar-refractivity contribution in [3.8, 4) is 17.6 Å². The molecule has 2 aliphatic heterocycles. The van der Waals surface area contributed by atoms with Crippen molar-refractivity contribution in [3.63, 3.8) is 0 Å². The lowest BCUT2D eigenvalue weighted by Gasteiger charge is -2.37. The Bertz CT molecular complexity index is 1470. The van der Waals surface area contributed by atoms with Crippen LogP contribution in [0.5, 0.6) is 11.5 Å². The van der Waals surface area contributed by atoms with Crippen LogP contribution in [0.15, 0.2) is 78.9 Å². The molecule has 0 N–H and O–H groups in total. The van der Waals surface area contributed by atoms with Crippen LogP contribution in [0.3, 0.4) is 0 Å². The average Bonchev–Trinajstić information content (AvgIpc) is 3.72. The van der Waals surface area contributed by atoms with Crippen LogP contribution >= 0.6 is 8.60 Å². The summed E-state index contributed by atoms with van der Waals surface area (Å²) in [6.45, 7) is 4.31. The third-order valence-electron chi connectivity index (χ3n) is 8.73. The average molecular weight is 710 g/mol. The van der Waals surface area contributed by atoms with Gasteiger partial charge in [0, 0.05) is 19.7 Å². The highest BCUT2D eigenvalue weighted by molar-refractivity contribution is 7.41. The molecule has 2 saturated heterocycles. The molecule has 51 heavy (non-hydrogen) atoms. The Morgan fingerprint density at radius 3 is 2.02 bits per heavy atom. The first-order valence-electron chi connectivity index (χ1n) is 17.1. The monoisotopic (exact) mass is 710 g/mol. The third kappa shape index (κ3) is 10.2. The fraction of sp³-hybridized carbons (Fsp3) is 0.486. The van der Waals surface area contributed by atoms with Gasteiger partial charge in [-0.1, -0.05) is 54.6 Å². The maximum Gasteiger partial charge on any atom is 0.333 e. The smallest absolute Gasteiger partial charge is 0.333 e. The van der Waals surface area contributed by atoms with E-state index in [1.54, 1.807) is 14.2 Å². The van der Waals surface area contributed by atoms with Crippen LogP contribution < -0.4 is 9.47 Å². The van der Waals surface area contributed by atoms with E-state index in [0.717, 1.165) is 28.2 Å². The summed E-state index contributed by atoms with van der Waals surface area (Å²) >= 11 is 0. The highest BCUT2D eigenvalue weighted by Crippen LogP contribution is 2.47. The summed E-state index contributed by atoms with van der Waals surface area (Å²) < 4.78 is 55.1. The Morgan fingerprint density at radius 1 is 0.843 bits per heavy atom. The zero-order valence-corrected chi connectivity index (χ0v) is 30.5. The summed E-state index contributed by atoms with van der Waals surface area (Å²) in [5.41, 5.74) is 1.62. The fourth-order valence-corrected chi connectivity index (χ4v) is 7.46. The highest BCUT2D eigenvalue weighted by Gasteiger charge is 2.43. The molecular formula is C37H44B3NO9P. The van der Waals surface area contributed by atoms with Crippen molar-refractivity contribution in [2.24, 2.45) is 0 Å². The number of ether oxygens (including phenoxy) is 6. The molecule has 0 aliphatic carbocycles. The number of hydrogen-bond acceptors (Lipinski definition) is 10. The van der Waals surface area contributed by atoms with Crippen LogP contribution in [0.25, 0.3) is 0 Å². The molecule has 0 bridgehead atoms. The van der Waals surface area contributed by atoms with Crippen LogP contribution in [0, 0.1) is 11.3 Å². The Hall–Kier alpha value is -2.91. The molecule has 7 atom stereocenters. The minimum Gasteiger partial charge on any atom is -0.497 e. The maximum atomic E-state index is 9.19. The summed E-state index contributed by atoms with van der Waals surface area (Å²) in [5, 5.41) is 9.19. The summed E-state index contributed by atoms with van der Waals surface area (Å²) in [6, 6.07) is 26.9. The van der Waals surface area contributed by atoms with Crippen molar-refractivity contribution in [3.05, 3.63) is 95.6 Å². The molecule has 10 nitrogen and oxygen atoms in total. The molecule has 0 spiro atoms. The Kier molecular flexibility index (Phi) is 14.8. The van der Waals surface area contributed by atoms with E-state index in [-0.39, 0.29) is 38.4 Å². The molecule has 3 aromatic carbocycles. The first-order valence-corrected chi connectivity index (χ1v) is 18.2. The van der Waals surface area contributed by atoms with Crippen LogP contribution in [-0.4, -0.2) is 99.3 Å². The summed E-state index contributed by atoms with van der Waals surface area (Å²) in [7, 11) is 14.9. The van der Waals surface area contributed by atoms with Gasteiger partial charge in [-0.25, -0.2) is 0 Å². The van der Waals surface area contributed by atoms with E-state index in [9.17, 15) is 5.26 Å². The van der Waals surface area contributed by atoms with Gasteiger partial charge in [0.05, 0.1) is 72.0 Å². The standard InChI is InChI=1S/C37H44B3NO9P/c1-25(2)47-31-21-35(38)48-34(31)24-46-51(45-20-8-19-41)50-32-22-36(40-39)49-33(32)23-44-37(26-9-6-5-7-10-26,27-11-15-29(42-3)16-12-27)28-13-17-30(43-4)18-14-28/h5-7,9-18,25,31-36H,8,20-24H2,1-4H3/t31?,32?,33-,34-,35-,36-,51?/m1/s1. The Balaban J connectivity index is 1.42. The second kappa shape index (κ2) is 19.3. The van der Waals surface area contributed by atoms with E-state index in [2.05, 4.69) is 6.07 Å². The van der Waals surface area contributed by atoms with E-state index in [1.807, 2.05) is 92.7 Å². The van der Waals surface area contributed by atoms with Crippen LogP contribution in [-0.2, 0) is 38.1 Å². The second-order valence-electron chi connectivity index (χ2n) is 12.5. The first-order chi connectivity index (χ1) is 24.8. The van der Waals surface area contributed by atoms with Crippen LogP contribution in [0.4, 0.5) is 0 Å². The molecule has 14 heteroatoms. The Labute approximate surface area is 306 Å². The molecule has 5 radical (unpaired) electrons. The number of nitriles is 1. The van der Waals surface area contributed by atoms with Crippen LogP contribution in [0.2, 0.25) is 0 Å². The van der Waals surface area contributed by atoms with E-state index in [4.69, 9.17) is 57.6 Å². The molecular weight excluding hydrogens is 666 g/mol. The van der Waals surface area contributed by atoms with Crippen molar-refractivity contribution in [1.29, 1.82) is 5.26 Å². The largest absolute Gasteiger partial charge is 0.497 e. The van der Waals surface area contributed by atoms with Gasteiger partial charge in [-0.15, -0.1) is 0 Å². The zero-order valence-electron chi connectivity index (χ0n) is 29.6. The number of methoxy groups -OCH3 is 2. The number of rotatable bonds is 19. The Morgan fingerprint density at radius 2 is 1.45 bits per heavy atom. The first kappa shape index (κ1) is 39.3. The van der Waals surface area contributed by atoms with Gasteiger partial charge in [0.15, 0.2) is 0 Å². The van der Waals surface area contributed by atoms with E-state index < -0.39 is 44.5 Å². The van der Waals surface area contributed by atoms with Gasteiger partial charge in [-0.05, 0) is 67.6 Å². The quantitative estimate of drug-likeness (QED) is 0.0681. The van der Waals surface area contributed by atoms with Gasteiger partial charge in [0.1, 0.15) is 37.2 Å². The lowest BCUT2D eigenvalue weighted by atomic mass is 9.51. The SMILES string of the molecule is [B][B][C@H]1CC(OP(OCCC#N)OC[C@H]2O[C@@H]([B])CC2OC(C)C)[C@@H](COC(c2ccccc2)(c2ccc(OC)cc2)c2ccc(OC)cc2)O1. The highest BCUT2D eigenvalue weighted by atomic mass is 31.2. The zero-order chi connectivity index (χ0) is 36.2. The van der Waals surface area contributed by atoms with Crippen molar-refractivity contribution in [2.45, 2.75) is 81.2 Å². The number of nitrogens with zero attached hydrogens (tertiary/aromatic N) is 1. The predicted octanol–water partition coefficient (Wildman–Crippen LogP) is 5.55. The second-order valence-corrected chi connectivity index (χ2v) is 13.7. The van der Waals surface area contributed by atoms with Crippen LogP contribution in [0.1, 0.15) is 49.8 Å². The summed E-state index contributed by atoms with van der Waals surface area (Å²) in [6.07, 6.45) is -0.544. The molecule has 3 aromatic rings. The van der Waals surface area contributed by atoms with Crippen molar-refractivity contribution in [1.82, 2.24) is 0 Å². The molecule has 2 aliphatic rings. The molecule has 265 valence electrons. The van der Waals surface area contributed by atoms with Gasteiger partial charge in [-0.3, -0.25) is 0 Å². The lowest BCUT2D eigenvalue weighted by molar-refractivity contribution is -0.0755. The molecule has 0 amide bonds. The van der Waals surface area contributed by atoms with E-state index >= 15 is 0 Å². The number of hydrogen-bond donors (Lipinski definition) is 0. The normalized spacial score (nSPS) is 23.9. The van der Waals surface area contributed by atoms with Crippen molar-refractivity contribution < 1.29 is 42.0 Å².